The minimum Gasteiger partial charge on any atom is -0.330 e. The highest BCUT2D eigenvalue weighted by Crippen LogP contribution is 2.25. The number of benzene rings is 2. The lowest BCUT2D eigenvalue weighted by Gasteiger charge is -2.00. The lowest BCUT2D eigenvalue weighted by Crippen LogP contribution is -1.93. The standard InChI is InChI=1S/C15H11N5S/c1-3-7-11(8-4-1)13-17-18-15-20(13)19-14(21-15)16-12-9-5-2-6-10-12/h1-10H,(H,16,19). The highest BCUT2D eigenvalue weighted by atomic mass is 32.1. The molecule has 0 aliphatic heterocycles. The van der Waals surface area contributed by atoms with Gasteiger partial charge in [-0.25, -0.2) is 0 Å². The van der Waals surface area contributed by atoms with Crippen molar-refractivity contribution in [3.63, 3.8) is 0 Å². The lowest BCUT2D eigenvalue weighted by molar-refractivity contribution is 0.970. The van der Waals surface area contributed by atoms with Crippen molar-refractivity contribution in [2.45, 2.75) is 0 Å². The van der Waals surface area contributed by atoms with Crippen LogP contribution in [0.25, 0.3) is 16.3 Å². The van der Waals surface area contributed by atoms with Crippen molar-refractivity contribution in [1.82, 2.24) is 19.8 Å². The van der Waals surface area contributed by atoms with E-state index in [1.54, 1.807) is 4.52 Å². The first-order chi connectivity index (χ1) is 10.4. The van der Waals surface area contributed by atoms with E-state index in [0.29, 0.717) is 0 Å². The Morgan fingerprint density at radius 1 is 0.857 bits per heavy atom. The summed E-state index contributed by atoms with van der Waals surface area (Å²) in [6.45, 7) is 0. The van der Waals surface area contributed by atoms with Gasteiger partial charge < -0.3 is 5.32 Å². The molecule has 0 atom stereocenters. The topological polar surface area (TPSA) is 55.1 Å². The number of hydrogen-bond donors (Lipinski definition) is 1. The fraction of sp³-hybridized carbons (Fsp3) is 0. The molecule has 0 fully saturated rings. The number of anilines is 2. The molecule has 0 radical (unpaired) electrons. The van der Waals surface area contributed by atoms with Crippen LogP contribution >= 0.6 is 11.3 Å². The van der Waals surface area contributed by atoms with Gasteiger partial charge >= 0.3 is 0 Å². The molecule has 0 bridgehead atoms. The Balaban J connectivity index is 1.73. The molecule has 4 aromatic rings. The van der Waals surface area contributed by atoms with Gasteiger partial charge in [-0.05, 0) is 12.1 Å². The molecule has 2 heterocycles. The van der Waals surface area contributed by atoms with Crippen LogP contribution in [0, 0.1) is 0 Å². The molecule has 0 spiro atoms. The van der Waals surface area contributed by atoms with E-state index in [1.165, 1.54) is 11.3 Å². The van der Waals surface area contributed by atoms with Gasteiger partial charge in [0.05, 0.1) is 0 Å². The number of fused-ring (bicyclic) bond motifs is 1. The maximum Gasteiger partial charge on any atom is 0.236 e. The number of aromatic nitrogens is 4. The number of rotatable bonds is 3. The van der Waals surface area contributed by atoms with Crippen LogP contribution in [0.1, 0.15) is 0 Å². The highest BCUT2D eigenvalue weighted by molar-refractivity contribution is 7.20. The molecule has 0 saturated carbocycles. The van der Waals surface area contributed by atoms with Gasteiger partial charge in [-0.15, -0.1) is 15.3 Å². The summed E-state index contributed by atoms with van der Waals surface area (Å²) in [6, 6.07) is 19.9. The predicted molar refractivity (Wildman–Crippen MR) is 83.8 cm³/mol. The van der Waals surface area contributed by atoms with E-state index < -0.39 is 0 Å². The van der Waals surface area contributed by atoms with Gasteiger partial charge in [0.1, 0.15) is 0 Å². The molecule has 102 valence electrons. The Morgan fingerprint density at radius 3 is 2.33 bits per heavy atom. The monoisotopic (exact) mass is 293 g/mol. The molecule has 0 aliphatic rings. The third-order valence-electron chi connectivity index (χ3n) is 3.05. The molecule has 2 aromatic heterocycles. The van der Waals surface area contributed by atoms with Crippen LogP contribution in [-0.4, -0.2) is 19.8 Å². The van der Waals surface area contributed by atoms with Gasteiger partial charge in [-0.3, -0.25) is 0 Å². The third-order valence-corrected chi connectivity index (χ3v) is 3.86. The summed E-state index contributed by atoms with van der Waals surface area (Å²) in [5.74, 6) is 0.753. The summed E-state index contributed by atoms with van der Waals surface area (Å²) in [5.41, 5.74) is 2.00. The summed E-state index contributed by atoms with van der Waals surface area (Å²) in [7, 11) is 0. The largest absolute Gasteiger partial charge is 0.330 e. The van der Waals surface area contributed by atoms with Crippen LogP contribution in [0.2, 0.25) is 0 Å². The second-order valence-electron chi connectivity index (χ2n) is 4.48. The summed E-state index contributed by atoms with van der Waals surface area (Å²) >= 11 is 1.47. The maximum absolute atomic E-state index is 4.54. The van der Waals surface area contributed by atoms with Crippen molar-refractivity contribution in [3.05, 3.63) is 60.7 Å². The Bertz CT molecular complexity index is 867. The van der Waals surface area contributed by atoms with E-state index in [2.05, 4.69) is 20.6 Å². The summed E-state index contributed by atoms with van der Waals surface area (Å²) in [6.07, 6.45) is 0. The first-order valence-electron chi connectivity index (χ1n) is 6.50. The van der Waals surface area contributed by atoms with Crippen molar-refractivity contribution in [1.29, 1.82) is 0 Å². The molecule has 2 aromatic carbocycles. The smallest absolute Gasteiger partial charge is 0.236 e. The van der Waals surface area contributed by atoms with E-state index in [-0.39, 0.29) is 0 Å². The Morgan fingerprint density at radius 2 is 1.57 bits per heavy atom. The first-order valence-corrected chi connectivity index (χ1v) is 7.31. The zero-order valence-corrected chi connectivity index (χ0v) is 11.8. The zero-order chi connectivity index (χ0) is 14.1. The van der Waals surface area contributed by atoms with Crippen molar-refractivity contribution in [2.75, 3.05) is 5.32 Å². The number of hydrogen-bond acceptors (Lipinski definition) is 5. The Labute approximate surface area is 124 Å². The summed E-state index contributed by atoms with van der Waals surface area (Å²) in [5, 5.41) is 17.0. The number of nitrogens with one attached hydrogen (secondary N) is 1. The van der Waals surface area contributed by atoms with Gasteiger partial charge in [0, 0.05) is 11.3 Å². The van der Waals surface area contributed by atoms with Crippen LogP contribution in [0.4, 0.5) is 10.8 Å². The van der Waals surface area contributed by atoms with Crippen LogP contribution in [-0.2, 0) is 0 Å². The molecule has 21 heavy (non-hydrogen) atoms. The van der Waals surface area contributed by atoms with Crippen LogP contribution in [0.15, 0.2) is 60.7 Å². The predicted octanol–water partition coefficient (Wildman–Crippen LogP) is 3.60. The quantitative estimate of drug-likeness (QED) is 0.627. The fourth-order valence-electron chi connectivity index (χ4n) is 2.08. The minimum atomic E-state index is 0.753. The molecular weight excluding hydrogens is 282 g/mol. The average molecular weight is 293 g/mol. The van der Waals surface area contributed by atoms with E-state index in [9.17, 15) is 0 Å². The van der Waals surface area contributed by atoms with E-state index in [0.717, 1.165) is 27.2 Å². The molecule has 0 unspecified atom stereocenters. The first kappa shape index (κ1) is 12.0. The van der Waals surface area contributed by atoms with Crippen molar-refractivity contribution in [2.24, 2.45) is 0 Å². The van der Waals surface area contributed by atoms with Gasteiger partial charge in [0.25, 0.3) is 0 Å². The minimum absolute atomic E-state index is 0.753. The molecule has 0 saturated heterocycles. The second-order valence-corrected chi connectivity index (χ2v) is 5.44. The zero-order valence-electron chi connectivity index (χ0n) is 11.0. The SMILES string of the molecule is c1ccc(Nc2nn3c(-c4ccccc4)nnc3s2)cc1. The molecule has 6 heteroatoms. The van der Waals surface area contributed by atoms with Crippen molar-refractivity contribution < 1.29 is 0 Å². The molecular formula is C15H11N5S. The molecule has 4 rings (SSSR count). The van der Waals surface area contributed by atoms with Crippen molar-refractivity contribution >= 4 is 27.1 Å². The fourth-order valence-corrected chi connectivity index (χ4v) is 2.84. The van der Waals surface area contributed by atoms with Crippen molar-refractivity contribution in [3.8, 4) is 11.4 Å². The van der Waals surface area contributed by atoms with Gasteiger partial charge in [-0.2, -0.15) is 4.52 Å². The van der Waals surface area contributed by atoms with Gasteiger partial charge in [0.2, 0.25) is 10.1 Å². The van der Waals surface area contributed by atoms with E-state index >= 15 is 0 Å². The number of para-hydroxylation sites is 1. The normalized spacial score (nSPS) is 10.9. The van der Waals surface area contributed by atoms with Gasteiger partial charge in [0.15, 0.2) is 5.82 Å². The molecule has 1 N–H and O–H groups in total. The second kappa shape index (κ2) is 4.99. The summed E-state index contributed by atoms with van der Waals surface area (Å²) in [4.78, 5) is 0.771. The van der Waals surface area contributed by atoms with Crippen LogP contribution < -0.4 is 5.32 Å². The molecule has 5 nitrogen and oxygen atoms in total. The Kier molecular flexibility index (Phi) is 2.86. The van der Waals surface area contributed by atoms with E-state index in [4.69, 9.17) is 0 Å². The Hall–Kier alpha value is -2.73. The number of nitrogens with zero attached hydrogens (tertiary/aromatic N) is 4. The maximum atomic E-state index is 4.54. The lowest BCUT2D eigenvalue weighted by atomic mass is 10.2. The summed E-state index contributed by atoms with van der Waals surface area (Å²) < 4.78 is 1.77. The molecule has 0 amide bonds. The third kappa shape index (κ3) is 2.25. The van der Waals surface area contributed by atoms with Crippen LogP contribution in [0.5, 0.6) is 0 Å². The average Bonchev–Trinajstić information content (AvgIpc) is 3.09. The molecule has 0 aliphatic carbocycles. The highest BCUT2D eigenvalue weighted by Gasteiger charge is 2.12. The van der Waals surface area contributed by atoms with Crippen LogP contribution in [0.3, 0.4) is 0 Å². The van der Waals surface area contributed by atoms with Gasteiger partial charge in [-0.1, -0.05) is 59.9 Å². The van der Waals surface area contributed by atoms with E-state index in [1.807, 2.05) is 60.7 Å².